The topological polar surface area (TPSA) is 173 Å². The second-order valence-corrected chi connectivity index (χ2v) is 11.6. The van der Waals surface area contributed by atoms with Crippen molar-refractivity contribution in [2.45, 2.75) is 71.3 Å². The van der Waals surface area contributed by atoms with E-state index in [0.29, 0.717) is 11.2 Å². The molecule has 1 aromatic carbocycles. The largest absolute Gasteiger partial charge is 0.462 e. The van der Waals surface area contributed by atoms with E-state index in [9.17, 15) is 14.5 Å². The zero-order valence-electron chi connectivity index (χ0n) is 22.0. The van der Waals surface area contributed by atoms with Gasteiger partial charge in [0.05, 0.1) is 31.7 Å². The lowest BCUT2D eigenvalue weighted by Gasteiger charge is -2.25. The molecule has 3 aromatic rings. The number of rotatable bonds is 11. The molecule has 2 aromatic heterocycles. The first-order chi connectivity index (χ1) is 18.5. The van der Waals surface area contributed by atoms with Gasteiger partial charge in [0.2, 0.25) is 5.28 Å². The number of aromatic nitrogens is 4. The predicted molar refractivity (Wildman–Crippen MR) is 143 cm³/mol. The van der Waals surface area contributed by atoms with Crippen LogP contribution < -0.4 is 10.8 Å². The van der Waals surface area contributed by atoms with Gasteiger partial charge in [-0.05, 0) is 50.4 Å². The van der Waals surface area contributed by atoms with Crippen LogP contribution in [-0.4, -0.2) is 61.6 Å². The number of nitrogens with one attached hydrogen (secondary N) is 1. The molecular formula is C24H32ClN6O7P. The molecule has 1 aliphatic heterocycles. The van der Waals surface area contributed by atoms with Gasteiger partial charge in [-0.25, -0.2) is 14.6 Å². The van der Waals surface area contributed by atoms with E-state index in [4.69, 9.17) is 35.9 Å². The van der Waals surface area contributed by atoms with Gasteiger partial charge >= 0.3 is 13.7 Å². The Bertz CT molecular complexity index is 1370. The molecule has 3 heterocycles. The summed E-state index contributed by atoms with van der Waals surface area (Å²) in [5, 5.41) is 13.3. The van der Waals surface area contributed by atoms with Gasteiger partial charge in [0.25, 0.3) is 0 Å². The van der Waals surface area contributed by atoms with Gasteiger partial charge in [-0.3, -0.25) is 18.4 Å². The molecule has 5 atom stereocenters. The molecule has 0 spiro atoms. The van der Waals surface area contributed by atoms with E-state index in [1.165, 1.54) is 13.3 Å². The fourth-order valence-electron chi connectivity index (χ4n) is 3.99. The smallest absolute Gasteiger partial charge is 0.406 e. The van der Waals surface area contributed by atoms with E-state index in [1.807, 2.05) is 31.2 Å². The number of ether oxygens (including phenoxy) is 2. The Morgan fingerprint density at radius 2 is 2.05 bits per heavy atom. The predicted octanol–water partition coefficient (Wildman–Crippen LogP) is 3.29. The Hall–Kier alpha value is -2.64. The fraction of sp³-hybridized carbons (Fsp3) is 0.500. The fourth-order valence-corrected chi connectivity index (χ4v) is 5.62. The van der Waals surface area contributed by atoms with E-state index in [2.05, 4.69) is 20.0 Å². The van der Waals surface area contributed by atoms with Gasteiger partial charge in [-0.15, -0.1) is 0 Å². The van der Waals surface area contributed by atoms with E-state index in [1.54, 1.807) is 18.4 Å². The van der Waals surface area contributed by atoms with E-state index >= 15 is 0 Å². The minimum atomic E-state index is -4.08. The van der Waals surface area contributed by atoms with Crippen LogP contribution in [0.2, 0.25) is 5.28 Å². The molecular weight excluding hydrogens is 551 g/mol. The number of nitrogens with two attached hydrogens (primary N) is 1. The average Bonchev–Trinajstić information content (AvgIpc) is 3.45. The highest BCUT2D eigenvalue weighted by Crippen LogP contribution is 2.46. The van der Waals surface area contributed by atoms with Crippen LogP contribution in [-0.2, 0) is 34.5 Å². The first-order valence-electron chi connectivity index (χ1n) is 12.4. The number of imidazole rings is 1. The second-order valence-electron chi connectivity index (χ2n) is 9.46. The number of carbonyl (C=O) groups is 1. The molecule has 0 radical (unpaired) electrons. The number of esters is 1. The molecule has 15 heteroatoms. The first kappa shape index (κ1) is 29.3. The number of anilines is 1. The number of hydrogen-bond acceptors (Lipinski definition) is 11. The molecule has 0 amide bonds. The number of aryl methyl sites for hydroxylation is 1. The van der Waals surface area contributed by atoms with Gasteiger partial charge in [0, 0.05) is 6.42 Å². The first-order valence-corrected chi connectivity index (χ1v) is 14.3. The lowest BCUT2D eigenvalue weighted by atomic mass is 10.1. The van der Waals surface area contributed by atoms with Crippen LogP contribution in [0.15, 0.2) is 30.6 Å². The van der Waals surface area contributed by atoms with Gasteiger partial charge in [0.1, 0.15) is 23.9 Å². The average molecular weight is 583 g/mol. The molecule has 0 saturated carbocycles. The summed E-state index contributed by atoms with van der Waals surface area (Å²) in [7, 11) is -4.08. The maximum Gasteiger partial charge on any atom is 0.406 e. The van der Waals surface area contributed by atoms with Crippen molar-refractivity contribution in [1.29, 1.82) is 0 Å². The number of aliphatic hydroxyl groups excluding tert-OH is 1. The van der Waals surface area contributed by atoms with Crippen LogP contribution in [0.25, 0.3) is 11.2 Å². The number of nitrogen functional groups attached to an aromatic ring is 1. The number of benzene rings is 1. The zero-order chi connectivity index (χ0) is 28.3. The van der Waals surface area contributed by atoms with Crippen molar-refractivity contribution in [3.63, 3.8) is 0 Å². The van der Waals surface area contributed by atoms with Crippen molar-refractivity contribution >= 4 is 42.3 Å². The van der Waals surface area contributed by atoms with Crippen LogP contribution >= 0.6 is 19.3 Å². The number of carbonyl (C=O) groups excluding carboxylic acids is 1. The number of halogens is 1. The Balaban J connectivity index is 1.47. The van der Waals surface area contributed by atoms with Crippen molar-refractivity contribution in [2.75, 3.05) is 12.3 Å². The standard InChI is InChI=1S/C24H32ClN6O7P/c1-13(2)37-23(33)15(4)30-39(34,35-10-16-8-6-5-7-14(16)3)36-11-18-17(32)9-19(38-18)31-12-27-20-21(26)28-24(25)29-22(20)31/h5-8,12-13,15,17-19,32H,9-11H2,1-4H3,(H,30,34)(H2,26,28,29)/t15-,17?,18?,19?,39-/m0/s1. The summed E-state index contributed by atoms with van der Waals surface area (Å²) in [5.41, 5.74) is 8.30. The molecule has 1 fully saturated rings. The third-order valence-corrected chi connectivity index (χ3v) is 7.88. The number of nitrogens with zero attached hydrogens (tertiary/aromatic N) is 4. The maximum absolute atomic E-state index is 13.8. The van der Waals surface area contributed by atoms with Crippen molar-refractivity contribution in [1.82, 2.24) is 24.6 Å². The Labute approximate surface area is 230 Å². The van der Waals surface area contributed by atoms with Crippen molar-refractivity contribution in [3.8, 4) is 0 Å². The minimum absolute atomic E-state index is 0.0392. The number of fused-ring (bicyclic) bond motifs is 1. The highest BCUT2D eigenvalue weighted by atomic mass is 35.5. The minimum Gasteiger partial charge on any atom is -0.462 e. The third kappa shape index (κ3) is 7.12. The summed E-state index contributed by atoms with van der Waals surface area (Å²) in [6.45, 7) is 6.48. The van der Waals surface area contributed by atoms with Gasteiger partial charge in [-0.1, -0.05) is 24.3 Å². The lowest BCUT2D eigenvalue weighted by Crippen LogP contribution is -2.36. The van der Waals surface area contributed by atoms with Crippen molar-refractivity contribution in [2.24, 2.45) is 0 Å². The normalized spacial score (nSPS) is 21.8. The quantitative estimate of drug-likeness (QED) is 0.171. The Morgan fingerprint density at radius 3 is 2.77 bits per heavy atom. The summed E-state index contributed by atoms with van der Waals surface area (Å²) >= 11 is 5.95. The van der Waals surface area contributed by atoms with E-state index in [-0.39, 0.29) is 36.8 Å². The monoisotopic (exact) mass is 582 g/mol. The number of aliphatic hydroxyl groups is 1. The molecule has 0 aliphatic carbocycles. The van der Waals surface area contributed by atoms with Gasteiger partial charge in [0.15, 0.2) is 11.5 Å². The van der Waals surface area contributed by atoms with Crippen LogP contribution in [0.1, 0.15) is 44.5 Å². The summed E-state index contributed by atoms with van der Waals surface area (Å²) in [5.74, 6) is -0.498. The highest BCUT2D eigenvalue weighted by molar-refractivity contribution is 7.51. The SMILES string of the molecule is Cc1ccccc1CO[P@@](=O)(N[C@@H](C)C(=O)OC(C)C)OCC1OC(n2cnc3c(N)nc(Cl)nc32)CC1O. The summed E-state index contributed by atoms with van der Waals surface area (Å²) in [4.78, 5) is 24.6. The third-order valence-electron chi connectivity index (χ3n) is 6.05. The zero-order valence-corrected chi connectivity index (χ0v) is 23.6. The molecule has 4 N–H and O–H groups in total. The molecule has 3 unspecified atom stereocenters. The van der Waals surface area contributed by atoms with Crippen LogP contribution in [0.5, 0.6) is 0 Å². The number of hydrogen-bond donors (Lipinski definition) is 3. The van der Waals surface area contributed by atoms with E-state index in [0.717, 1.165) is 11.1 Å². The van der Waals surface area contributed by atoms with Crippen molar-refractivity contribution in [3.05, 3.63) is 47.0 Å². The Morgan fingerprint density at radius 1 is 1.31 bits per heavy atom. The summed E-state index contributed by atoms with van der Waals surface area (Å²) in [6.07, 6.45) is -1.26. The van der Waals surface area contributed by atoms with Crippen LogP contribution in [0.3, 0.4) is 0 Å². The summed E-state index contributed by atoms with van der Waals surface area (Å²) < 4.78 is 38.0. The maximum atomic E-state index is 13.8. The molecule has 1 aliphatic rings. The van der Waals surface area contributed by atoms with Crippen molar-refractivity contribution < 1.29 is 33.0 Å². The molecule has 39 heavy (non-hydrogen) atoms. The lowest BCUT2D eigenvalue weighted by molar-refractivity contribution is -0.149. The van der Waals surface area contributed by atoms with E-state index < -0.39 is 38.2 Å². The van der Waals surface area contributed by atoms with Crippen LogP contribution in [0, 0.1) is 6.92 Å². The Kier molecular flexibility index (Phi) is 9.22. The van der Waals surface area contributed by atoms with Gasteiger partial charge < -0.3 is 20.3 Å². The molecule has 1 saturated heterocycles. The molecule has 4 rings (SSSR count). The highest BCUT2D eigenvalue weighted by Gasteiger charge is 2.39. The van der Waals surface area contributed by atoms with Gasteiger partial charge in [-0.2, -0.15) is 9.97 Å². The van der Waals surface area contributed by atoms with Crippen LogP contribution in [0.4, 0.5) is 5.82 Å². The summed E-state index contributed by atoms with van der Waals surface area (Å²) in [6, 6.07) is 6.45. The second kappa shape index (κ2) is 12.3. The molecule has 0 bridgehead atoms. The molecule has 13 nitrogen and oxygen atoms in total. The molecule has 212 valence electrons.